The second-order valence-corrected chi connectivity index (χ2v) is 4.49. The second-order valence-electron chi connectivity index (χ2n) is 4.49. The zero-order valence-electron chi connectivity index (χ0n) is 9.82. The van der Waals surface area contributed by atoms with E-state index < -0.39 is 0 Å². The van der Waals surface area contributed by atoms with Gasteiger partial charge in [-0.05, 0) is 43.4 Å². The van der Waals surface area contributed by atoms with Crippen molar-refractivity contribution >= 4 is 16.9 Å². The largest absolute Gasteiger partial charge is 0.461 e. The van der Waals surface area contributed by atoms with Crippen LogP contribution in [0.4, 0.5) is 0 Å². The Hall–Kier alpha value is -1.77. The first-order valence-corrected chi connectivity index (χ1v) is 6.08. The van der Waals surface area contributed by atoms with E-state index in [-0.39, 0.29) is 5.97 Å². The van der Waals surface area contributed by atoms with Gasteiger partial charge in [0.15, 0.2) is 0 Å². The van der Waals surface area contributed by atoms with Gasteiger partial charge < -0.3 is 9.72 Å². The van der Waals surface area contributed by atoms with Crippen LogP contribution in [0.25, 0.3) is 10.9 Å². The van der Waals surface area contributed by atoms with Crippen molar-refractivity contribution in [2.75, 3.05) is 6.61 Å². The standard InChI is InChI=1S/C14H15NO2/c1-2-17-14(16)13-8-11-10(9-6-7-9)4-3-5-12(11)15-13/h3-5,8-9,15H,2,6-7H2,1H3. The molecule has 0 spiro atoms. The molecule has 0 bridgehead atoms. The summed E-state index contributed by atoms with van der Waals surface area (Å²) in [7, 11) is 0. The molecule has 1 aliphatic rings. The van der Waals surface area contributed by atoms with Gasteiger partial charge in [0.2, 0.25) is 0 Å². The summed E-state index contributed by atoms with van der Waals surface area (Å²) in [4.78, 5) is 14.8. The third-order valence-electron chi connectivity index (χ3n) is 3.21. The highest BCUT2D eigenvalue weighted by atomic mass is 16.5. The highest BCUT2D eigenvalue weighted by Crippen LogP contribution is 2.43. The van der Waals surface area contributed by atoms with Crippen molar-refractivity contribution in [2.45, 2.75) is 25.7 Å². The van der Waals surface area contributed by atoms with E-state index in [0.717, 1.165) is 10.9 Å². The molecule has 0 saturated heterocycles. The average Bonchev–Trinajstić information content (AvgIpc) is 3.07. The van der Waals surface area contributed by atoms with Crippen LogP contribution in [0, 0.1) is 0 Å². The lowest BCUT2D eigenvalue weighted by atomic mass is 10.1. The van der Waals surface area contributed by atoms with E-state index in [4.69, 9.17) is 4.74 Å². The molecule has 88 valence electrons. The molecular formula is C14H15NO2. The fourth-order valence-corrected chi connectivity index (χ4v) is 2.25. The Morgan fingerprint density at radius 1 is 1.47 bits per heavy atom. The van der Waals surface area contributed by atoms with E-state index >= 15 is 0 Å². The van der Waals surface area contributed by atoms with E-state index in [2.05, 4.69) is 11.1 Å². The number of aromatic nitrogens is 1. The number of benzene rings is 1. The zero-order valence-corrected chi connectivity index (χ0v) is 9.82. The Balaban J connectivity index is 2.05. The van der Waals surface area contributed by atoms with Crippen LogP contribution in [0.2, 0.25) is 0 Å². The van der Waals surface area contributed by atoms with Gasteiger partial charge >= 0.3 is 5.97 Å². The third-order valence-corrected chi connectivity index (χ3v) is 3.21. The molecule has 1 aromatic carbocycles. The first kappa shape index (κ1) is 10.4. The number of esters is 1. The number of aromatic amines is 1. The van der Waals surface area contributed by atoms with Crippen LogP contribution in [0.5, 0.6) is 0 Å². The Morgan fingerprint density at radius 2 is 2.29 bits per heavy atom. The van der Waals surface area contributed by atoms with Crippen LogP contribution in [0.1, 0.15) is 41.7 Å². The summed E-state index contributed by atoms with van der Waals surface area (Å²) in [5, 5.41) is 1.16. The number of hydrogen-bond donors (Lipinski definition) is 1. The third kappa shape index (κ3) is 1.82. The van der Waals surface area contributed by atoms with Gasteiger partial charge in [-0.2, -0.15) is 0 Å². The van der Waals surface area contributed by atoms with Gasteiger partial charge in [0, 0.05) is 10.9 Å². The molecule has 17 heavy (non-hydrogen) atoms. The molecule has 0 atom stereocenters. The summed E-state index contributed by atoms with van der Waals surface area (Å²) in [6.45, 7) is 2.22. The lowest BCUT2D eigenvalue weighted by Gasteiger charge is -1.98. The monoisotopic (exact) mass is 229 g/mol. The van der Waals surface area contributed by atoms with Gasteiger partial charge in [-0.3, -0.25) is 0 Å². The molecule has 3 heteroatoms. The fraction of sp³-hybridized carbons (Fsp3) is 0.357. The molecular weight excluding hydrogens is 214 g/mol. The molecule has 1 saturated carbocycles. The maximum Gasteiger partial charge on any atom is 0.354 e. The zero-order chi connectivity index (χ0) is 11.8. The van der Waals surface area contributed by atoms with Crippen molar-refractivity contribution in [3.8, 4) is 0 Å². The van der Waals surface area contributed by atoms with Gasteiger partial charge in [0.05, 0.1) is 6.61 Å². The molecule has 3 nitrogen and oxygen atoms in total. The Kier molecular flexibility index (Phi) is 2.39. The van der Waals surface area contributed by atoms with Gasteiger partial charge in [-0.15, -0.1) is 0 Å². The number of carbonyl (C=O) groups is 1. The summed E-state index contributed by atoms with van der Waals surface area (Å²) < 4.78 is 5.00. The van der Waals surface area contributed by atoms with Gasteiger partial charge in [0.25, 0.3) is 0 Å². The number of hydrogen-bond acceptors (Lipinski definition) is 2. The van der Waals surface area contributed by atoms with Gasteiger partial charge in [0.1, 0.15) is 5.69 Å². The van der Waals surface area contributed by atoms with Crippen molar-refractivity contribution in [3.63, 3.8) is 0 Å². The molecule has 1 N–H and O–H groups in total. The molecule has 1 heterocycles. The number of nitrogens with one attached hydrogen (secondary N) is 1. The molecule has 1 aliphatic carbocycles. The smallest absolute Gasteiger partial charge is 0.354 e. The lowest BCUT2D eigenvalue weighted by Crippen LogP contribution is -2.04. The quantitative estimate of drug-likeness (QED) is 0.821. The summed E-state index contributed by atoms with van der Waals surface area (Å²) in [6.07, 6.45) is 2.53. The van der Waals surface area contributed by atoms with Crippen LogP contribution in [-0.4, -0.2) is 17.6 Å². The molecule has 0 radical (unpaired) electrons. The normalized spacial score (nSPS) is 15.1. The molecule has 0 unspecified atom stereocenters. The number of H-pyrrole nitrogens is 1. The van der Waals surface area contributed by atoms with E-state index in [1.165, 1.54) is 18.4 Å². The Bertz CT molecular complexity index is 567. The first-order valence-electron chi connectivity index (χ1n) is 6.08. The van der Waals surface area contributed by atoms with Gasteiger partial charge in [-0.25, -0.2) is 4.79 Å². The minimum absolute atomic E-state index is 0.273. The molecule has 0 aliphatic heterocycles. The first-order chi connectivity index (χ1) is 8.29. The number of ether oxygens (including phenoxy) is 1. The van der Waals surface area contributed by atoms with Crippen molar-refractivity contribution in [3.05, 3.63) is 35.5 Å². The number of fused-ring (bicyclic) bond motifs is 1. The van der Waals surface area contributed by atoms with Crippen LogP contribution in [0.3, 0.4) is 0 Å². The van der Waals surface area contributed by atoms with E-state index in [1.54, 1.807) is 0 Å². The maximum absolute atomic E-state index is 11.7. The maximum atomic E-state index is 11.7. The van der Waals surface area contributed by atoms with Crippen LogP contribution >= 0.6 is 0 Å². The average molecular weight is 229 g/mol. The lowest BCUT2D eigenvalue weighted by molar-refractivity contribution is 0.0520. The molecule has 3 rings (SSSR count). The fourth-order valence-electron chi connectivity index (χ4n) is 2.25. The van der Waals surface area contributed by atoms with Crippen molar-refractivity contribution in [1.29, 1.82) is 0 Å². The molecule has 1 fully saturated rings. The summed E-state index contributed by atoms with van der Waals surface area (Å²) in [6, 6.07) is 8.12. The topological polar surface area (TPSA) is 42.1 Å². The van der Waals surface area contributed by atoms with E-state index in [0.29, 0.717) is 18.2 Å². The Labute approximate surface area is 99.8 Å². The SMILES string of the molecule is CCOC(=O)c1cc2c(C3CC3)cccc2[nH]1. The minimum Gasteiger partial charge on any atom is -0.461 e. The highest BCUT2D eigenvalue weighted by molar-refractivity contribution is 5.96. The highest BCUT2D eigenvalue weighted by Gasteiger charge is 2.26. The molecule has 0 amide bonds. The minimum atomic E-state index is -0.273. The second kappa shape index (κ2) is 3.91. The van der Waals surface area contributed by atoms with Crippen LogP contribution < -0.4 is 0 Å². The van der Waals surface area contributed by atoms with Gasteiger partial charge in [-0.1, -0.05) is 12.1 Å². The predicted molar refractivity (Wildman–Crippen MR) is 66.2 cm³/mol. The predicted octanol–water partition coefficient (Wildman–Crippen LogP) is 3.22. The summed E-state index contributed by atoms with van der Waals surface area (Å²) >= 11 is 0. The Morgan fingerprint density at radius 3 is 3.00 bits per heavy atom. The van der Waals surface area contributed by atoms with Crippen LogP contribution in [-0.2, 0) is 4.74 Å². The van der Waals surface area contributed by atoms with Crippen molar-refractivity contribution in [2.24, 2.45) is 0 Å². The summed E-state index contributed by atoms with van der Waals surface area (Å²) in [5.41, 5.74) is 2.93. The van der Waals surface area contributed by atoms with Crippen molar-refractivity contribution < 1.29 is 9.53 Å². The van der Waals surface area contributed by atoms with E-state index in [9.17, 15) is 4.79 Å². The van der Waals surface area contributed by atoms with E-state index in [1.807, 2.05) is 25.1 Å². The summed E-state index contributed by atoms with van der Waals surface area (Å²) in [5.74, 6) is 0.412. The number of rotatable bonds is 3. The number of carbonyl (C=O) groups excluding carboxylic acids is 1. The molecule has 2 aromatic rings. The molecule has 1 aromatic heterocycles. The van der Waals surface area contributed by atoms with Crippen molar-refractivity contribution in [1.82, 2.24) is 4.98 Å². The van der Waals surface area contributed by atoms with Crippen LogP contribution in [0.15, 0.2) is 24.3 Å².